The van der Waals surface area contributed by atoms with E-state index in [1.807, 2.05) is 24.3 Å². The summed E-state index contributed by atoms with van der Waals surface area (Å²) in [6.07, 6.45) is 6.68. The molecule has 0 amide bonds. The Balaban J connectivity index is 2.01. The van der Waals surface area contributed by atoms with Crippen molar-refractivity contribution in [1.29, 1.82) is 0 Å². The van der Waals surface area contributed by atoms with Crippen LogP contribution in [-0.2, 0) is 22.0 Å². The molecule has 1 aliphatic carbocycles. The van der Waals surface area contributed by atoms with Gasteiger partial charge in [-0.05, 0) is 75.5 Å². The fourth-order valence-electron chi connectivity index (χ4n) is 4.95. The Morgan fingerprint density at radius 1 is 1.00 bits per heavy atom. The van der Waals surface area contributed by atoms with E-state index in [0.717, 1.165) is 12.0 Å². The number of aryl methyl sites for hydroxylation is 1. The van der Waals surface area contributed by atoms with Crippen molar-refractivity contribution in [3.8, 4) is 0 Å². The molecule has 1 unspecified atom stereocenters. The van der Waals surface area contributed by atoms with Crippen LogP contribution in [0.15, 0.2) is 36.4 Å². The predicted octanol–water partition coefficient (Wildman–Crippen LogP) is 7.44. The number of fused-ring (bicyclic) bond motifs is 1. The highest BCUT2D eigenvalue weighted by Gasteiger charge is 2.48. The standard InChI is InChI=1S/C29H38O2/c1-19(2)9-13-23-17-25-26(29(6,7)20(3)28(25,4)5)18-24(23)16-12-21-10-14-22(15-11-21)27(30)31-8/h10-12,14-20H,9,13H2,1-8H3/b16-12+. The summed E-state index contributed by atoms with van der Waals surface area (Å²) in [5.41, 5.74) is 7.74. The van der Waals surface area contributed by atoms with Gasteiger partial charge in [-0.25, -0.2) is 4.79 Å². The maximum Gasteiger partial charge on any atom is 0.337 e. The minimum Gasteiger partial charge on any atom is -0.465 e. The quantitative estimate of drug-likeness (QED) is 0.360. The molecular formula is C29H38O2. The first-order chi connectivity index (χ1) is 14.5. The lowest BCUT2D eigenvalue weighted by Crippen LogP contribution is -2.30. The topological polar surface area (TPSA) is 26.3 Å². The summed E-state index contributed by atoms with van der Waals surface area (Å²) in [5, 5.41) is 0. The third-order valence-corrected chi connectivity index (χ3v) is 7.61. The second-order valence-corrected chi connectivity index (χ2v) is 10.6. The van der Waals surface area contributed by atoms with Gasteiger partial charge in [0, 0.05) is 0 Å². The van der Waals surface area contributed by atoms with Crippen LogP contribution in [0.5, 0.6) is 0 Å². The van der Waals surface area contributed by atoms with Crippen LogP contribution < -0.4 is 0 Å². The van der Waals surface area contributed by atoms with E-state index in [0.29, 0.717) is 17.4 Å². The molecular weight excluding hydrogens is 380 g/mol. The number of rotatable bonds is 6. The summed E-state index contributed by atoms with van der Waals surface area (Å²) in [5.74, 6) is 0.960. The average Bonchev–Trinajstić information content (AvgIpc) is 2.87. The van der Waals surface area contributed by atoms with Gasteiger partial charge in [-0.15, -0.1) is 0 Å². The number of hydrogen-bond donors (Lipinski definition) is 0. The van der Waals surface area contributed by atoms with Crippen molar-refractivity contribution in [3.05, 3.63) is 69.8 Å². The first kappa shape index (κ1) is 23.3. The minimum atomic E-state index is -0.302. The van der Waals surface area contributed by atoms with E-state index in [2.05, 4.69) is 72.8 Å². The molecule has 2 heteroatoms. The maximum atomic E-state index is 11.7. The molecule has 0 aromatic heterocycles. The molecule has 31 heavy (non-hydrogen) atoms. The maximum absolute atomic E-state index is 11.7. The highest BCUT2D eigenvalue weighted by atomic mass is 16.5. The van der Waals surface area contributed by atoms with Crippen LogP contribution in [0.2, 0.25) is 0 Å². The van der Waals surface area contributed by atoms with Crippen LogP contribution in [-0.4, -0.2) is 13.1 Å². The molecule has 0 saturated heterocycles. The zero-order valence-electron chi connectivity index (χ0n) is 20.5. The molecule has 2 nitrogen and oxygen atoms in total. The number of esters is 1. The Hall–Kier alpha value is -2.35. The Kier molecular flexibility index (Phi) is 6.51. The van der Waals surface area contributed by atoms with Crippen molar-refractivity contribution in [2.75, 3.05) is 7.11 Å². The third kappa shape index (κ3) is 4.49. The lowest BCUT2D eigenvalue weighted by Gasteiger charge is -2.32. The van der Waals surface area contributed by atoms with Crippen molar-refractivity contribution in [1.82, 2.24) is 0 Å². The van der Waals surface area contributed by atoms with E-state index < -0.39 is 0 Å². The van der Waals surface area contributed by atoms with E-state index >= 15 is 0 Å². The fourth-order valence-corrected chi connectivity index (χ4v) is 4.95. The molecule has 2 aromatic rings. The molecule has 1 aliphatic rings. The second kappa shape index (κ2) is 8.65. The van der Waals surface area contributed by atoms with Crippen LogP contribution in [0, 0.1) is 11.8 Å². The van der Waals surface area contributed by atoms with E-state index in [4.69, 9.17) is 4.74 Å². The van der Waals surface area contributed by atoms with Gasteiger partial charge in [-0.2, -0.15) is 0 Å². The van der Waals surface area contributed by atoms with Gasteiger partial charge < -0.3 is 4.74 Å². The van der Waals surface area contributed by atoms with E-state index in [9.17, 15) is 4.79 Å². The molecule has 2 aromatic carbocycles. The molecule has 0 bridgehead atoms. The van der Waals surface area contributed by atoms with Gasteiger partial charge in [0.25, 0.3) is 0 Å². The number of benzene rings is 2. The van der Waals surface area contributed by atoms with Crippen LogP contribution in [0.1, 0.15) is 93.1 Å². The van der Waals surface area contributed by atoms with Gasteiger partial charge in [0.1, 0.15) is 0 Å². The second-order valence-electron chi connectivity index (χ2n) is 10.6. The molecule has 1 atom stereocenters. The monoisotopic (exact) mass is 418 g/mol. The summed E-state index contributed by atoms with van der Waals surface area (Å²) in [6, 6.07) is 12.5. The van der Waals surface area contributed by atoms with E-state index in [1.165, 1.54) is 35.8 Å². The Labute approximate surface area is 188 Å². The van der Waals surface area contributed by atoms with Crippen molar-refractivity contribution in [2.45, 2.75) is 72.1 Å². The van der Waals surface area contributed by atoms with Crippen LogP contribution in [0.25, 0.3) is 12.2 Å². The van der Waals surface area contributed by atoms with Crippen LogP contribution >= 0.6 is 0 Å². The largest absolute Gasteiger partial charge is 0.465 e. The van der Waals surface area contributed by atoms with Crippen molar-refractivity contribution < 1.29 is 9.53 Å². The summed E-state index contributed by atoms with van der Waals surface area (Å²) in [4.78, 5) is 11.7. The third-order valence-electron chi connectivity index (χ3n) is 7.61. The summed E-state index contributed by atoms with van der Waals surface area (Å²) in [7, 11) is 1.41. The molecule has 166 valence electrons. The molecule has 0 radical (unpaired) electrons. The van der Waals surface area contributed by atoms with Crippen LogP contribution in [0.3, 0.4) is 0 Å². The molecule has 0 heterocycles. The molecule has 0 saturated carbocycles. The van der Waals surface area contributed by atoms with Gasteiger partial charge in [0.05, 0.1) is 12.7 Å². The van der Waals surface area contributed by atoms with E-state index in [-0.39, 0.29) is 16.8 Å². The smallest absolute Gasteiger partial charge is 0.337 e. The lowest BCUT2D eigenvalue weighted by atomic mass is 9.71. The van der Waals surface area contributed by atoms with Gasteiger partial charge in [-0.3, -0.25) is 0 Å². The van der Waals surface area contributed by atoms with Gasteiger partial charge in [-0.1, -0.05) is 84.9 Å². The van der Waals surface area contributed by atoms with Crippen LogP contribution in [0.4, 0.5) is 0 Å². The number of hydrogen-bond acceptors (Lipinski definition) is 2. The summed E-state index contributed by atoms with van der Waals surface area (Å²) >= 11 is 0. The number of carbonyl (C=O) groups is 1. The highest BCUT2D eigenvalue weighted by Crippen LogP contribution is 2.54. The SMILES string of the molecule is COC(=O)c1ccc(/C=C/c2cc3c(cc2CCC(C)C)C(C)(C)C(C)C3(C)C)cc1. The molecule has 3 rings (SSSR count). The van der Waals surface area contributed by atoms with Crippen molar-refractivity contribution >= 4 is 18.1 Å². The fraction of sp³-hybridized carbons (Fsp3) is 0.483. The lowest BCUT2D eigenvalue weighted by molar-refractivity contribution is 0.0600. The van der Waals surface area contributed by atoms with Gasteiger partial charge in [0.15, 0.2) is 0 Å². The van der Waals surface area contributed by atoms with Gasteiger partial charge >= 0.3 is 5.97 Å². The molecule has 0 N–H and O–H groups in total. The predicted molar refractivity (Wildman–Crippen MR) is 132 cm³/mol. The first-order valence-electron chi connectivity index (χ1n) is 11.5. The zero-order chi connectivity index (χ0) is 23.0. The van der Waals surface area contributed by atoms with E-state index in [1.54, 1.807) is 0 Å². The first-order valence-corrected chi connectivity index (χ1v) is 11.5. The van der Waals surface area contributed by atoms with Crippen molar-refractivity contribution in [3.63, 3.8) is 0 Å². The summed E-state index contributed by atoms with van der Waals surface area (Å²) in [6.45, 7) is 16.6. The molecule has 0 spiro atoms. The normalized spacial score (nSPS) is 19.1. The number of carbonyl (C=O) groups excluding carboxylic acids is 1. The number of ether oxygens (including phenoxy) is 1. The minimum absolute atomic E-state index is 0.153. The molecule has 0 aliphatic heterocycles. The molecule has 0 fully saturated rings. The highest BCUT2D eigenvalue weighted by molar-refractivity contribution is 5.89. The number of methoxy groups -OCH3 is 1. The van der Waals surface area contributed by atoms with Crippen molar-refractivity contribution in [2.24, 2.45) is 11.8 Å². The Morgan fingerprint density at radius 2 is 1.58 bits per heavy atom. The Morgan fingerprint density at radius 3 is 2.13 bits per heavy atom. The Bertz CT molecular complexity index is 975. The zero-order valence-corrected chi connectivity index (χ0v) is 20.5. The summed E-state index contributed by atoms with van der Waals surface area (Å²) < 4.78 is 4.80. The average molecular weight is 419 g/mol. The van der Waals surface area contributed by atoms with Gasteiger partial charge in [0.2, 0.25) is 0 Å².